The zero-order valence-corrected chi connectivity index (χ0v) is 14.2. The number of nitrogens with zero attached hydrogens (tertiary/aromatic N) is 4. The Kier molecular flexibility index (Phi) is 4.00. The van der Waals surface area contributed by atoms with Gasteiger partial charge in [0.15, 0.2) is 17.7 Å². The number of hydrogen-bond acceptors (Lipinski definition) is 8. The quantitative estimate of drug-likeness (QED) is 0.642. The van der Waals surface area contributed by atoms with Crippen LogP contribution in [0.15, 0.2) is 34.1 Å². The lowest BCUT2D eigenvalue weighted by Crippen LogP contribution is -2.47. The van der Waals surface area contributed by atoms with Crippen LogP contribution in [0.2, 0.25) is 0 Å². The van der Waals surface area contributed by atoms with Gasteiger partial charge in [-0.3, -0.25) is 14.7 Å². The number of phenols is 2. The second kappa shape index (κ2) is 6.34. The van der Waals surface area contributed by atoms with Gasteiger partial charge >= 0.3 is 0 Å². The number of hydrogen-bond donors (Lipinski definition) is 3. The molecule has 0 bridgehead atoms. The summed E-state index contributed by atoms with van der Waals surface area (Å²) in [6.45, 7) is 4.30. The molecule has 2 aromatic rings. The number of nitrogens with one attached hydrogen (secondary N) is 1. The standard InChI is InChI=1S/C17H19N5O4/c1-10-8-14(25)22-15(11-2-3-12(23)13(24)9-11)19-16(20-17(22)18-10)21-4-6-26-7-5-21/h2-3,8-9,15,23-24H,4-7H2,1H3,(H,18,19,20)/t15-/m0/s1. The highest BCUT2D eigenvalue weighted by Crippen LogP contribution is 2.32. The van der Waals surface area contributed by atoms with Gasteiger partial charge in [0.1, 0.15) is 0 Å². The summed E-state index contributed by atoms with van der Waals surface area (Å²) in [5.41, 5.74) is 0.924. The van der Waals surface area contributed by atoms with Crippen molar-refractivity contribution in [2.75, 3.05) is 31.6 Å². The molecular formula is C17H19N5O4. The van der Waals surface area contributed by atoms with Gasteiger partial charge in [0.25, 0.3) is 5.56 Å². The van der Waals surface area contributed by atoms with E-state index in [4.69, 9.17) is 4.74 Å². The van der Waals surface area contributed by atoms with Gasteiger partial charge in [-0.05, 0) is 19.1 Å². The second-order valence-electron chi connectivity index (χ2n) is 6.23. The number of ether oxygens (including phenoxy) is 1. The summed E-state index contributed by atoms with van der Waals surface area (Å²) in [6.07, 6.45) is -0.698. The van der Waals surface area contributed by atoms with Crippen LogP contribution in [-0.2, 0) is 4.74 Å². The Hall–Kier alpha value is -3.07. The molecule has 0 spiro atoms. The van der Waals surface area contributed by atoms with Crippen LogP contribution in [0.5, 0.6) is 11.5 Å². The third kappa shape index (κ3) is 2.86. The zero-order valence-electron chi connectivity index (χ0n) is 14.2. The molecule has 9 nitrogen and oxygen atoms in total. The fourth-order valence-electron chi connectivity index (χ4n) is 3.10. The molecule has 1 saturated heterocycles. The van der Waals surface area contributed by atoms with E-state index in [1.165, 1.54) is 22.8 Å². The van der Waals surface area contributed by atoms with Gasteiger partial charge in [0.2, 0.25) is 11.9 Å². The number of anilines is 1. The van der Waals surface area contributed by atoms with Crippen molar-refractivity contribution < 1.29 is 14.9 Å². The summed E-state index contributed by atoms with van der Waals surface area (Å²) in [7, 11) is 0. The molecule has 0 unspecified atom stereocenters. The van der Waals surface area contributed by atoms with Crippen LogP contribution in [-0.4, -0.2) is 56.9 Å². The minimum absolute atomic E-state index is 0.227. The molecule has 4 rings (SSSR count). The van der Waals surface area contributed by atoms with Crippen LogP contribution in [0.25, 0.3) is 0 Å². The van der Waals surface area contributed by atoms with Crippen molar-refractivity contribution in [3.05, 3.63) is 45.9 Å². The van der Waals surface area contributed by atoms with Crippen LogP contribution in [0.1, 0.15) is 17.4 Å². The van der Waals surface area contributed by atoms with E-state index < -0.39 is 6.17 Å². The first-order valence-corrected chi connectivity index (χ1v) is 8.32. The number of aryl methyl sites for hydroxylation is 1. The maximum atomic E-state index is 12.6. The normalized spacial score (nSPS) is 19.5. The topological polar surface area (TPSA) is 112 Å². The molecule has 3 heterocycles. The average molecular weight is 357 g/mol. The monoisotopic (exact) mass is 357 g/mol. The van der Waals surface area contributed by atoms with Gasteiger partial charge < -0.3 is 19.8 Å². The average Bonchev–Trinajstić information content (AvgIpc) is 2.63. The molecule has 0 saturated carbocycles. The van der Waals surface area contributed by atoms with Crippen LogP contribution in [0.4, 0.5) is 5.95 Å². The Bertz CT molecular complexity index is 933. The van der Waals surface area contributed by atoms with E-state index in [0.717, 1.165) is 0 Å². The van der Waals surface area contributed by atoms with Crippen molar-refractivity contribution in [1.29, 1.82) is 0 Å². The number of morpholine rings is 1. The third-order valence-electron chi connectivity index (χ3n) is 4.40. The van der Waals surface area contributed by atoms with E-state index in [-0.39, 0.29) is 17.1 Å². The van der Waals surface area contributed by atoms with Crippen molar-refractivity contribution in [3.63, 3.8) is 0 Å². The van der Waals surface area contributed by atoms with Crippen molar-refractivity contribution in [1.82, 2.24) is 14.5 Å². The zero-order chi connectivity index (χ0) is 18.3. The highest BCUT2D eigenvalue weighted by Gasteiger charge is 2.28. The molecule has 0 aliphatic carbocycles. The van der Waals surface area contributed by atoms with Gasteiger partial charge in [-0.2, -0.15) is 0 Å². The Balaban J connectivity index is 1.84. The first-order chi connectivity index (χ1) is 12.5. The molecular weight excluding hydrogens is 338 g/mol. The lowest BCUT2D eigenvalue weighted by Gasteiger charge is -2.34. The minimum atomic E-state index is -0.698. The number of benzene rings is 1. The number of guanidine groups is 1. The van der Waals surface area contributed by atoms with Gasteiger partial charge in [-0.1, -0.05) is 6.07 Å². The lowest BCUT2D eigenvalue weighted by atomic mass is 10.1. The first-order valence-electron chi connectivity index (χ1n) is 8.32. The second-order valence-corrected chi connectivity index (χ2v) is 6.23. The van der Waals surface area contributed by atoms with E-state index >= 15 is 0 Å². The molecule has 1 aromatic carbocycles. The SMILES string of the molecule is Cc1cc(=O)n2c(n1)NC(N1CCOCC1)=N[C@@H]2c1ccc(O)c(O)c1. The summed E-state index contributed by atoms with van der Waals surface area (Å²) < 4.78 is 6.82. The number of rotatable bonds is 1. The Morgan fingerprint density at radius 3 is 2.69 bits per heavy atom. The molecule has 136 valence electrons. The van der Waals surface area contributed by atoms with Crippen molar-refractivity contribution in [2.45, 2.75) is 13.1 Å². The van der Waals surface area contributed by atoms with Crippen LogP contribution in [0, 0.1) is 6.92 Å². The molecule has 1 aromatic heterocycles. The Labute approximate surface area is 149 Å². The van der Waals surface area contributed by atoms with Crippen molar-refractivity contribution in [3.8, 4) is 11.5 Å². The van der Waals surface area contributed by atoms with Crippen molar-refractivity contribution in [2.24, 2.45) is 4.99 Å². The highest BCUT2D eigenvalue weighted by atomic mass is 16.5. The number of aliphatic imine (C=N–C) groups is 1. The van der Waals surface area contributed by atoms with Gasteiger partial charge in [-0.25, -0.2) is 9.98 Å². The van der Waals surface area contributed by atoms with E-state index in [1.807, 2.05) is 4.90 Å². The summed E-state index contributed by atoms with van der Waals surface area (Å²) in [4.78, 5) is 23.7. The number of aromatic hydroxyl groups is 2. The van der Waals surface area contributed by atoms with Gasteiger partial charge in [0.05, 0.1) is 13.2 Å². The van der Waals surface area contributed by atoms with Crippen LogP contribution < -0.4 is 10.9 Å². The van der Waals surface area contributed by atoms with Crippen LogP contribution in [0.3, 0.4) is 0 Å². The maximum absolute atomic E-state index is 12.6. The molecule has 26 heavy (non-hydrogen) atoms. The van der Waals surface area contributed by atoms with Gasteiger partial charge in [0, 0.05) is 30.4 Å². The first kappa shape index (κ1) is 16.4. The molecule has 1 fully saturated rings. The van der Waals surface area contributed by atoms with Gasteiger partial charge in [-0.15, -0.1) is 0 Å². The molecule has 0 amide bonds. The summed E-state index contributed by atoms with van der Waals surface area (Å²) in [5.74, 6) is 0.501. The predicted octanol–water partition coefficient (Wildman–Crippen LogP) is 0.624. The van der Waals surface area contributed by atoms with E-state index in [1.54, 1.807) is 13.0 Å². The van der Waals surface area contributed by atoms with E-state index in [9.17, 15) is 15.0 Å². The third-order valence-corrected chi connectivity index (χ3v) is 4.40. The molecule has 1 atom stereocenters. The largest absolute Gasteiger partial charge is 0.504 e. The summed E-state index contributed by atoms with van der Waals surface area (Å²) in [6, 6.07) is 5.85. The number of fused-ring (bicyclic) bond motifs is 1. The molecule has 0 radical (unpaired) electrons. The molecule has 2 aliphatic heterocycles. The maximum Gasteiger partial charge on any atom is 0.257 e. The molecule has 9 heteroatoms. The lowest BCUT2D eigenvalue weighted by molar-refractivity contribution is 0.0675. The van der Waals surface area contributed by atoms with E-state index in [0.29, 0.717) is 49.5 Å². The Morgan fingerprint density at radius 2 is 1.96 bits per heavy atom. The molecule has 3 N–H and O–H groups in total. The predicted molar refractivity (Wildman–Crippen MR) is 94.6 cm³/mol. The fourth-order valence-corrected chi connectivity index (χ4v) is 3.10. The number of phenolic OH excluding ortho intramolecular Hbond substituents is 2. The Morgan fingerprint density at radius 1 is 1.19 bits per heavy atom. The fraction of sp³-hybridized carbons (Fsp3) is 0.353. The minimum Gasteiger partial charge on any atom is -0.504 e. The highest BCUT2D eigenvalue weighted by molar-refractivity contribution is 5.93. The number of aromatic nitrogens is 2. The van der Waals surface area contributed by atoms with Crippen molar-refractivity contribution >= 4 is 11.9 Å². The smallest absolute Gasteiger partial charge is 0.257 e. The summed E-state index contributed by atoms with van der Waals surface area (Å²) >= 11 is 0. The molecule has 2 aliphatic rings. The van der Waals surface area contributed by atoms with Crippen LogP contribution >= 0.6 is 0 Å². The summed E-state index contributed by atoms with van der Waals surface area (Å²) in [5, 5.41) is 22.6. The van der Waals surface area contributed by atoms with E-state index in [2.05, 4.69) is 15.3 Å².